The number of sulfonamides is 1. The van der Waals surface area contributed by atoms with Gasteiger partial charge in [0.1, 0.15) is 0 Å². The Hall–Kier alpha value is -2.93. The van der Waals surface area contributed by atoms with Gasteiger partial charge < -0.3 is 5.32 Å². The molecule has 7 heteroatoms. The first kappa shape index (κ1) is 22.3. The first-order valence-corrected chi connectivity index (χ1v) is 12.5. The Bertz CT molecular complexity index is 1220. The van der Waals surface area contributed by atoms with Gasteiger partial charge in [-0.1, -0.05) is 38.1 Å². The molecule has 0 saturated carbocycles. The molecule has 3 aromatic rings. The maximum Gasteiger partial charge on any atom is 0.264 e. The fourth-order valence-corrected chi connectivity index (χ4v) is 5.32. The summed E-state index contributed by atoms with van der Waals surface area (Å²) in [7, 11) is -3.82. The average Bonchev–Trinajstić information content (AvgIpc) is 2.71. The van der Waals surface area contributed by atoms with E-state index < -0.39 is 10.0 Å². The second-order valence-corrected chi connectivity index (χ2v) is 10.7. The van der Waals surface area contributed by atoms with Crippen molar-refractivity contribution in [1.29, 1.82) is 0 Å². The van der Waals surface area contributed by atoms with Crippen LogP contribution in [0.3, 0.4) is 0 Å². The Balaban J connectivity index is 1.84. The standard InChI is InChI=1S/C25H30N4O2S/c1-16(2)13-20-11-12-21-15-23(24-17(3)7-5-8-18(24)4)28-25(27-21)29-32(30,31)22-10-6-9-19(14-22)26-20/h5-10,14-16,20,26H,11-13H2,1-4H3,(H,27,28,29)/t20-/m0/s1. The molecule has 2 N–H and O–H groups in total. The van der Waals surface area contributed by atoms with Crippen LogP contribution in [-0.4, -0.2) is 24.4 Å². The van der Waals surface area contributed by atoms with Crippen molar-refractivity contribution in [2.45, 2.75) is 57.9 Å². The third-order valence-corrected chi connectivity index (χ3v) is 7.09. The zero-order valence-corrected chi connectivity index (χ0v) is 19.8. The van der Waals surface area contributed by atoms with Crippen molar-refractivity contribution in [1.82, 2.24) is 9.97 Å². The second kappa shape index (κ2) is 8.90. The maximum absolute atomic E-state index is 13.1. The van der Waals surface area contributed by atoms with E-state index in [9.17, 15) is 8.42 Å². The van der Waals surface area contributed by atoms with Gasteiger partial charge in [-0.15, -0.1) is 0 Å². The summed E-state index contributed by atoms with van der Waals surface area (Å²) in [6.45, 7) is 8.48. The van der Waals surface area contributed by atoms with Crippen LogP contribution in [0, 0.1) is 19.8 Å². The largest absolute Gasteiger partial charge is 0.382 e. The van der Waals surface area contributed by atoms with E-state index in [1.165, 1.54) is 0 Å². The Morgan fingerprint density at radius 3 is 2.47 bits per heavy atom. The van der Waals surface area contributed by atoms with E-state index in [2.05, 4.69) is 33.9 Å². The third-order valence-electron chi connectivity index (χ3n) is 5.76. The fraction of sp³-hybridized carbons (Fsp3) is 0.360. The topological polar surface area (TPSA) is 84.0 Å². The number of hydrogen-bond acceptors (Lipinski definition) is 5. The van der Waals surface area contributed by atoms with Crippen LogP contribution in [0.2, 0.25) is 0 Å². The zero-order chi connectivity index (χ0) is 22.9. The molecule has 0 fully saturated rings. The van der Waals surface area contributed by atoms with Gasteiger partial charge in [0.2, 0.25) is 5.95 Å². The van der Waals surface area contributed by atoms with Crippen LogP contribution in [0.25, 0.3) is 11.3 Å². The average molecular weight is 451 g/mol. The molecule has 168 valence electrons. The molecule has 1 aliphatic rings. The minimum Gasteiger partial charge on any atom is -0.382 e. The van der Waals surface area contributed by atoms with Crippen LogP contribution in [0.5, 0.6) is 0 Å². The predicted octanol–water partition coefficient (Wildman–Crippen LogP) is 5.33. The molecular formula is C25H30N4O2S. The molecule has 1 aromatic heterocycles. The van der Waals surface area contributed by atoms with Crippen LogP contribution in [0.15, 0.2) is 53.4 Å². The number of hydrogen-bond donors (Lipinski definition) is 2. The first-order valence-electron chi connectivity index (χ1n) is 11.1. The SMILES string of the molecule is Cc1cccc(C)c1-c1cc2nc(n1)NS(=O)(=O)c1cccc(c1)N[C@H](CC(C)C)CC2. The summed E-state index contributed by atoms with van der Waals surface area (Å²) in [5.41, 5.74) is 5.58. The van der Waals surface area contributed by atoms with Crippen molar-refractivity contribution in [3.8, 4) is 11.3 Å². The van der Waals surface area contributed by atoms with E-state index in [0.29, 0.717) is 5.92 Å². The number of nitrogens with zero attached hydrogens (tertiary/aromatic N) is 2. The summed E-state index contributed by atoms with van der Waals surface area (Å²) in [5.74, 6) is 0.625. The van der Waals surface area contributed by atoms with E-state index in [-0.39, 0.29) is 16.9 Å². The van der Waals surface area contributed by atoms with Crippen molar-refractivity contribution < 1.29 is 8.42 Å². The van der Waals surface area contributed by atoms with E-state index >= 15 is 0 Å². The number of fused-ring (bicyclic) bond motifs is 4. The second-order valence-electron chi connectivity index (χ2n) is 8.98. The van der Waals surface area contributed by atoms with Gasteiger partial charge in [0, 0.05) is 23.0 Å². The Morgan fingerprint density at radius 1 is 1.03 bits per heavy atom. The lowest BCUT2D eigenvalue weighted by atomic mass is 9.97. The van der Waals surface area contributed by atoms with Gasteiger partial charge in [-0.2, -0.15) is 0 Å². The molecule has 0 aliphatic carbocycles. The van der Waals surface area contributed by atoms with Crippen molar-refractivity contribution in [3.05, 3.63) is 65.4 Å². The quantitative estimate of drug-likeness (QED) is 0.563. The summed E-state index contributed by atoms with van der Waals surface area (Å²) in [6.07, 6.45) is 2.59. The van der Waals surface area contributed by atoms with E-state index in [0.717, 1.165) is 53.0 Å². The summed E-state index contributed by atoms with van der Waals surface area (Å²) in [6, 6.07) is 15.2. The number of anilines is 2. The molecule has 0 unspecified atom stereocenters. The zero-order valence-electron chi connectivity index (χ0n) is 19.0. The lowest BCUT2D eigenvalue weighted by Crippen LogP contribution is -2.24. The van der Waals surface area contributed by atoms with Gasteiger partial charge in [-0.25, -0.2) is 23.1 Å². The van der Waals surface area contributed by atoms with Gasteiger partial charge >= 0.3 is 0 Å². The molecule has 0 spiro atoms. The Kier molecular flexibility index (Phi) is 6.20. The van der Waals surface area contributed by atoms with Crippen LogP contribution in [0.1, 0.15) is 43.5 Å². The molecule has 2 aromatic carbocycles. The Labute approximate surface area is 190 Å². The van der Waals surface area contributed by atoms with E-state index in [1.54, 1.807) is 18.2 Å². The molecular weight excluding hydrogens is 420 g/mol. The molecule has 0 amide bonds. The molecule has 32 heavy (non-hydrogen) atoms. The number of benzene rings is 2. The molecule has 1 atom stereocenters. The van der Waals surface area contributed by atoms with Gasteiger partial charge in [0.05, 0.1) is 10.6 Å². The monoisotopic (exact) mass is 450 g/mol. The summed E-state index contributed by atoms with van der Waals surface area (Å²) < 4.78 is 28.8. The van der Waals surface area contributed by atoms with Crippen LogP contribution in [-0.2, 0) is 16.4 Å². The molecule has 2 heterocycles. The van der Waals surface area contributed by atoms with Crippen molar-refractivity contribution in [3.63, 3.8) is 0 Å². The van der Waals surface area contributed by atoms with E-state index in [4.69, 9.17) is 0 Å². The highest BCUT2D eigenvalue weighted by atomic mass is 32.2. The summed E-state index contributed by atoms with van der Waals surface area (Å²) in [4.78, 5) is 9.37. The third kappa shape index (κ3) is 4.93. The van der Waals surface area contributed by atoms with Gasteiger partial charge in [-0.3, -0.25) is 0 Å². The van der Waals surface area contributed by atoms with Crippen molar-refractivity contribution in [2.75, 3.05) is 10.0 Å². The summed E-state index contributed by atoms with van der Waals surface area (Å²) >= 11 is 0. The number of nitrogens with one attached hydrogen (secondary N) is 2. The minimum atomic E-state index is -3.82. The molecule has 0 radical (unpaired) electrons. The highest BCUT2D eigenvalue weighted by molar-refractivity contribution is 7.92. The molecule has 1 aliphatic heterocycles. The normalized spacial score (nSPS) is 17.6. The lowest BCUT2D eigenvalue weighted by molar-refractivity contribution is 0.494. The first-order chi connectivity index (χ1) is 15.2. The highest BCUT2D eigenvalue weighted by Gasteiger charge is 2.21. The number of rotatable bonds is 3. The van der Waals surface area contributed by atoms with Crippen molar-refractivity contribution >= 4 is 21.7 Å². The smallest absolute Gasteiger partial charge is 0.264 e. The van der Waals surface area contributed by atoms with Crippen molar-refractivity contribution in [2.24, 2.45) is 5.92 Å². The lowest BCUT2D eigenvalue weighted by Gasteiger charge is -2.23. The van der Waals surface area contributed by atoms with Crippen LogP contribution < -0.4 is 10.0 Å². The maximum atomic E-state index is 13.1. The van der Waals surface area contributed by atoms with Gasteiger partial charge in [-0.05, 0) is 74.4 Å². The number of aromatic nitrogens is 2. The minimum absolute atomic E-state index is 0.111. The van der Waals surface area contributed by atoms with E-state index in [1.807, 2.05) is 44.2 Å². The summed E-state index contributed by atoms with van der Waals surface area (Å²) in [5, 5.41) is 3.54. The Morgan fingerprint density at radius 2 is 1.75 bits per heavy atom. The molecule has 4 bridgehead atoms. The van der Waals surface area contributed by atoms with Crippen LogP contribution in [0.4, 0.5) is 11.6 Å². The highest BCUT2D eigenvalue weighted by Crippen LogP contribution is 2.29. The molecule has 6 nitrogen and oxygen atoms in total. The van der Waals surface area contributed by atoms with Crippen LogP contribution >= 0.6 is 0 Å². The molecule has 4 rings (SSSR count). The predicted molar refractivity (Wildman–Crippen MR) is 129 cm³/mol. The van der Waals surface area contributed by atoms with Gasteiger partial charge in [0.25, 0.3) is 10.0 Å². The van der Waals surface area contributed by atoms with Gasteiger partial charge in [0.15, 0.2) is 0 Å². The molecule has 0 saturated heterocycles. The fourth-order valence-electron chi connectivity index (χ4n) is 4.33. The number of aryl methyl sites for hydroxylation is 3.